The fourth-order valence-electron chi connectivity index (χ4n) is 2.71. The molecule has 2 aromatic carbocycles. The first kappa shape index (κ1) is 24.2. The Bertz CT molecular complexity index is 1100. The summed E-state index contributed by atoms with van der Waals surface area (Å²) in [6, 6.07) is 9.41. The van der Waals surface area contributed by atoms with Gasteiger partial charge in [-0.15, -0.1) is 0 Å². The predicted octanol–water partition coefficient (Wildman–Crippen LogP) is 3.89. The van der Waals surface area contributed by atoms with E-state index < -0.39 is 36.8 Å². The van der Waals surface area contributed by atoms with Crippen LogP contribution in [-0.4, -0.2) is 33.9 Å². The molecule has 0 amide bonds. The van der Waals surface area contributed by atoms with Crippen LogP contribution in [0.4, 0.5) is 13.2 Å². The van der Waals surface area contributed by atoms with Crippen molar-refractivity contribution in [2.45, 2.75) is 31.5 Å². The van der Waals surface area contributed by atoms with Gasteiger partial charge in [-0.2, -0.15) is 25.9 Å². The van der Waals surface area contributed by atoms with Crippen LogP contribution in [0.1, 0.15) is 25.0 Å². The number of hydrogen-bond acceptors (Lipinski definition) is 5. The minimum atomic E-state index is -4.67. The molecule has 2 rings (SSSR count). The van der Waals surface area contributed by atoms with Crippen LogP contribution in [0.3, 0.4) is 0 Å². The minimum Gasteiger partial charge on any atom is -0.383 e. The average Bonchev–Trinajstić information content (AvgIpc) is 2.59. The lowest BCUT2D eigenvalue weighted by Crippen LogP contribution is -2.34. The minimum absolute atomic E-state index is 0.0102. The molecule has 0 heterocycles. The van der Waals surface area contributed by atoms with Crippen molar-refractivity contribution in [3.05, 3.63) is 59.7 Å². The normalized spacial score (nSPS) is 13.1. The third kappa shape index (κ3) is 6.71. The summed E-state index contributed by atoms with van der Waals surface area (Å²) < 4.78 is 93.8. The Morgan fingerprint density at radius 1 is 1.00 bits per heavy atom. The van der Waals surface area contributed by atoms with Gasteiger partial charge < -0.3 is 4.18 Å². The van der Waals surface area contributed by atoms with Gasteiger partial charge in [0.2, 0.25) is 10.0 Å². The molecule has 0 saturated carbocycles. The third-order valence-electron chi connectivity index (χ3n) is 3.87. The number of alkyl halides is 3. The van der Waals surface area contributed by atoms with E-state index in [1.165, 1.54) is 18.2 Å². The molecule has 0 aromatic heterocycles. The molecule has 2 aromatic rings. The molecule has 0 spiro atoms. The van der Waals surface area contributed by atoms with Crippen molar-refractivity contribution >= 4 is 20.1 Å². The van der Waals surface area contributed by atoms with E-state index in [1.807, 2.05) is 0 Å². The Morgan fingerprint density at radius 3 is 2.20 bits per heavy atom. The molecule has 166 valence electrons. The van der Waals surface area contributed by atoms with Crippen molar-refractivity contribution in [3.8, 4) is 5.75 Å². The summed E-state index contributed by atoms with van der Waals surface area (Å²) in [5.41, 5.74) is -0.635. The van der Waals surface area contributed by atoms with Gasteiger partial charge in [0.15, 0.2) is 0 Å². The molecule has 0 N–H and O–H groups in total. The van der Waals surface area contributed by atoms with Crippen LogP contribution >= 0.6 is 0 Å². The van der Waals surface area contributed by atoms with E-state index in [9.17, 15) is 30.0 Å². The Morgan fingerprint density at radius 2 is 1.63 bits per heavy atom. The van der Waals surface area contributed by atoms with Crippen LogP contribution in [0.2, 0.25) is 0 Å². The van der Waals surface area contributed by atoms with Gasteiger partial charge in [-0.3, -0.25) is 0 Å². The van der Waals surface area contributed by atoms with Crippen molar-refractivity contribution in [1.29, 1.82) is 0 Å². The summed E-state index contributed by atoms with van der Waals surface area (Å²) in [4.78, 5) is -0.471. The quantitative estimate of drug-likeness (QED) is 0.553. The molecule has 0 unspecified atom stereocenters. The second-order valence-corrected chi connectivity index (χ2v) is 10.7. The Labute approximate surface area is 174 Å². The van der Waals surface area contributed by atoms with E-state index >= 15 is 0 Å². The summed E-state index contributed by atoms with van der Waals surface area (Å²) in [6.07, 6.45) is -3.80. The Balaban J connectivity index is 2.42. The van der Waals surface area contributed by atoms with E-state index in [-0.39, 0.29) is 24.8 Å². The van der Waals surface area contributed by atoms with Gasteiger partial charge in [0.05, 0.1) is 16.7 Å². The first-order valence-electron chi connectivity index (χ1n) is 8.84. The zero-order valence-corrected chi connectivity index (χ0v) is 18.2. The maximum Gasteiger partial charge on any atom is 0.416 e. The van der Waals surface area contributed by atoms with E-state index in [1.54, 1.807) is 19.9 Å². The van der Waals surface area contributed by atoms with Crippen molar-refractivity contribution < 1.29 is 34.2 Å². The highest BCUT2D eigenvalue weighted by molar-refractivity contribution is 7.89. The maximum absolute atomic E-state index is 13.1. The van der Waals surface area contributed by atoms with Crippen LogP contribution in [0.15, 0.2) is 53.4 Å². The molecule has 0 atom stereocenters. The van der Waals surface area contributed by atoms with Gasteiger partial charge >= 0.3 is 16.3 Å². The second kappa shape index (κ2) is 8.94. The summed E-state index contributed by atoms with van der Waals surface area (Å²) in [5.74, 6) is -0.100. The van der Waals surface area contributed by atoms with E-state index in [4.69, 9.17) is 4.18 Å². The summed E-state index contributed by atoms with van der Waals surface area (Å²) in [7, 11) is -8.02. The largest absolute Gasteiger partial charge is 0.416 e. The van der Waals surface area contributed by atoms with Crippen molar-refractivity contribution in [1.82, 2.24) is 4.31 Å². The monoisotopic (exact) mass is 465 g/mol. The molecule has 0 bridgehead atoms. The second-order valence-electron chi connectivity index (χ2n) is 7.15. The lowest BCUT2D eigenvalue weighted by Gasteiger charge is -2.24. The molecule has 0 fully saturated rings. The fraction of sp³-hybridized carbons (Fsp3) is 0.368. The number of benzene rings is 2. The number of nitrogens with zero attached hydrogens (tertiary/aromatic N) is 1. The number of sulfonamides is 1. The van der Waals surface area contributed by atoms with Gasteiger partial charge in [0.1, 0.15) is 5.75 Å². The lowest BCUT2D eigenvalue weighted by molar-refractivity contribution is -0.137. The number of rotatable bonds is 8. The van der Waals surface area contributed by atoms with E-state index in [0.29, 0.717) is 11.6 Å². The lowest BCUT2D eigenvalue weighted by atomic mass is 10.2. The van der Waals surface area contributed by atoms with Gasteiger partial charge in [0.25, 0.3) is 0 Å². The molecular formula is C19H22F3NO5S2. The highest BCUT2D eigenvalue weighted by atomic mass is 32.2. The molecule has 0 radical (unpaired) electrons. The summed E-state index contributed by atoms with van der Waals surface area (Å²) >= 11 is 0. The first-order valence-corrected chi connectivity index (χ1v) is 12.1. The van der Waals surface area contributed by atoms with E-state index in [0.717, 1.165) is 28.8 Å². The predicted molar refractivity (Wildman–Crippen MR) is 106 cm³/mol. The SMILES string of the molecule is CC(C)CN(Cc1cccc(OS(C)(=O)=O)c1)S(=O)(=O)c1cccc(C(F)(F)F)c1. The molecule has 0 aliphatic carbocycles. The van der Waals surface area contributed by atoms with Crippen LogP contribution in [-0.2, 0) is 32.9 Å². The van der Waals surface area contributed by atoms with Crippen LogP contribution in [0.25, 0.3) is 0 Å². The van der Waals surface area contributed by atoms with Crippen molar-refractivity contribution in [2.75, 3.05) is 12.8 Å². The molecule has 6 nitrogen and oxygen atoms in total. The molecule has 0 saturated heterocycles. The van der Waals surface area contributed by atoms with Crippen LogP contribution in [0.5, 0.6) is 5.75 Å². The Kier molecular flexibility index (Phi) is 7.20. The van der Waals surface area contributed by atoms with Gasteiger partial charge in [-0.1, -0.05) is 32.0 Å². The molecule has 0 aliphatic heterocycles. The first-order chi connectivity index (χ1) is 13.7. The standard InChI is InChI=1S/C19H22F3NO5S2/c1-14(2)12-23(13-15-6-4-8-17(10-15)28-29(3,24)25)30(26,27)18-9-5-7-16(11-18)19(20,21)22/h4-11,14H,12-13H2,1-3H3. The highest BCUT2D eigenvalue weighted by Crippen LogP contribution is 2.31. The number of hydrogen-bond donors (Lipinski definition) is 0. The summed E-state index contributed by atoms with van der Waals surface area (Å²) in [5, 5.41) is 0. The topological polar surface area (TPSA) is 80.8 Å². The van der Waals surface area contributed by atoms with E-state index in [2.05, 4.69) is 0 Å². The molecular weight excluding hydrogens is 443 g/mol. The smallest absolute Gasteiger partial charge is 0.383 e. The zero-order valence-electron chi connectivity index (χ0n) is 16.5. The van der Waals surface area contributed by atoms with Crippen molar-refractivity contribution in [2.24, 2.45) is 5.92 Å². The average molecular weight is 466 g/mol. The Hall–Kier alpha value is -2.11. The number of halogens is 3. The van der Waals surface area contributed by atoms with Crippen LogP contribution < -0.4 is 4.18 Å². The summed E-state index contributed by atoms with van der Waals surface area (Å²) in [6.45, 7) is 3.43. The van der Waals surface area contributed by atoms with Gasteiger partial charge in [-0.05, 0) is 41.8 Å². The van der Waals surface area contributed by atoms with Gasteiger partial charge in [0, 0.05) is 13.1 Å². The zero-order chi connectivity index (χ0) is 22.7. The third-order valence-corrected chi connectivity index (χ3v) is 6.18. The van der Waals surface area contributed by atoms with Crippen molar-refractivity contribution in [3.63, 3.8) is 0 Å². The van der Waals surface area contributed by atoms with Gasteiger partial charge in [-0.25, -0.2) is 8.42 Å². The highest BCUT2D eigenvalue weighted by Gasteiger charge is 2.33. The maximum atomic E-state index is 13.1. The molecule has 11 heteroatoms. The molecule has 30 heavy (non-hydrogen) atoms. The van der Waals surface area contributed by atoms with Crippen LogP contribution in [0, 0.1) is 5.92 Å². The fourth-order valence-corrected chi connectivity index (χ4v) is 4.80. The molecule has 0 aliphatic rings.